The van der Waals surface area contributed by atoms with E-state index in [0.717, 1.165) is 0 Å². The Labute approximate surface area is 94.4 Å². The lowest BCUT2D eigenvalue weighted by Crippen LogP contribution is -2.38. The number of benzene rings is 1. The van der Waals surface area contributed by atoms with Crippen LogP contribution in [0.4, 0.5) is 10.5 Å². The van der Waals surface area contributed by atoms with Gasteiger partial charge < -0.3 is 15.6 Å². The minimum absolute atomic E-state index is 0.0337. The predicted molar refractivity (Wildman–Crippen MR) is 60.1 cm³/mol. The molecule has 1 aromatic rings. The van der Waals surface area contributed by atoms with E-state index in [-0.39, 0.29) is 13.2 Å². The molecule has 3 N–H and O–H groups in total. The number of hydrogen-bond acceptors (Lipinski definition) is 3. The van der Waals surface area contributed by atoms with E-state index in [1.54, 1.807) is 18.2 Å². The molecule has 0 fully saturated rings. The molecular weight excluding hydrogens is 208 g/mol. The fourth-order valence-corrected chi connectivity index (χ4v) is 1.22. The second-order valence-electron chi connectivity index (χ2n) is 3.07. The molecule has 16 heavy (non-hydrogen) atoms. The molecule has 0 heterocycles. The summed E-state index contributed by atoms with van der Waals surface area (Å²) in [5.41, 5.74) is 5.86. The molecule has 0 bridgehead atoms. The molecule has 0 aliphatic rings. The van der Waals surface area contributed by atoms with Gasteiger partial charge in [0.25, 0.3) is 0 Å². The van der Waals surface area contributed by atoms with Gasteiger partial charge in [0.05, 0.1) is 32.1 Å². The zero-order valence-corrected chi connectivity index (χ0v) is 8.93. The van der Waals surface area contributed by atoms with Crippen molar-refractivity contribution in [2.45, 2.75) is 0 Å². The Balaban J connectivity index is 2.52. The maximum atomic E-state index is 11.2. The fraction of sp³-hybridized carbons (Fsp3) is 0.364. The van der Waals surface area contributed by atoms with E-state index >= 15 is 0 Å². The van der Waals surface area contributed by atoms with Gasteiger partial charge in [-0.2, -0.15) is 0 Å². The number of rotatable bonds is 6. The Morgan fingerprint density at radius 2 is 2.31 bits per heavy atom. The van der Waals surface area contributed by atoms with Crippen molar-refractivity contribution in [1.29, 1.82) is 0 Å². The second kappa shape index (κ2) is 6.81. The lowest BCUT2D eigenvalue weighted by Gasteiger charge is -2.19. The smallest absolute Gasteiger partial charge is 0.319 e. The van der Waals surface area contributed by atoms with E-state index in [9.17, 15) is 4.79 Å². The molecule has 0 unspecified atom stereocenters. The third kappa shape index (κ3) is 3.88. The molecule has 1 radical (unpaired) electrons. The lowest BCUT2D eigenvalue weighted by atomic mass is 10.3. The van der Waals surface area contributed by atoms with E-state index in [1.165, 1.54) is 4.90 Å². The van der Waals surface area contributed by atoms with Crippen LogP contribution in [0.3, 0.4) is 0 Å². The number of primary amides is 1. The molecule has 0 aliphatic heterocycles. The minimum atomic E-state index is -0.546. The Morgan fingerprint density at radius 3 is 2.88 bits per heavy atom. The standard InChI is InChI=1S/C11H15N2O3/c12-11(15)13(6-8-16-9-7-14)10-4-2-1-3-5-10/h1-4,14H,6-9H2,(H2,12,15). The normalized spacial score (nSPS) is 10.1. The van der Waals surface area contributed by atoms with E-state index in [1.807, 2.05) is 6.07 Å². The monoisotopic (exact) mass is 223 g/mol. The summed E-state index contributed by atoms with van der Waals surface area (Å²) in [4.78, 5) is 12.6. The first-order valence-corrected chi connectivity index (χ1v) is 4.98. The molecule has 0 aromatic heterocycles. The van der Waals surface area contributed by atoms with Crippen molar-refractivity contribution in [3.63, 3.8) is 0 Å². The average Bonchev–Trinajstić information content (AvgIpc) is 2.30. The van der Waals surface area contributed by atoms with Gasteiger partial charge in [0.1, 0.15) is 0 Å². The van der Waals surface area contributed by atoms with Gasteiger partial charge in [-0.05, 0) is 6.07 Å². The van der Waals surface area contributed by atoms with Crippen LogP contribution in [-0.4, -0.2) is 37.5 Å². The SMILES string of the molecule is NC(=O)N(CCOCCO)c1[c]cccc1. The number of ether oxygens (including phenoxy) is 1. The van der Waals surface area contributed by atoms with Crippen LogP contribution in [0, 0.1) is 6.07 Å². The van der Waals surface area contributed by atoms with Crippen LogP contribution in [-0.2, 0) is 4.74 Å². The van der Waals surface area contributed by atoms with Crippen molar-refractivity contribution in [1.82, 2.24) is 0 Å². The highest BCUT2D eigenvalue weighted by Crippen LogP contribution is 2.11. The predicted octanol–water partition coefficient (Wildman–Crippen LogP) is 0.381. The second-order valence-corrected chi connectivity index (χ2v) is 3.07. The first kappa shape index (κ1) is 12.5. The molecule has 1 aromatic carbocycles. The number of carbonyl (C=O) groups excluding carboxylic acids is 1. The highest BCUT2D eigenvalue weighted by molar-refractivity contribution is 5.90. The Morgan fingerprint density at radius 1 is 1.50 bits per heavy atom. The number of carbonyl (C=O) groups is 1. The van der Waals surface area contributed by atoms with Crippen LogP contribution >= 0.6 is 0 Å². The Bertz CT molecular complexity index is 316. The van der Waals surface area contributed by atoms with Gasteiger partial charge in [-0.15, -0.1) is 0 Å². The Hall–Kier alpha value is -1.59. The van der Waals surface area contributed by atoms with Gasteiger partial charge in [0, 0.05) is 6.07 Å². The maximum Gasteiger partial charge on any atom is 0.319 e. The van der Waals surface area contributed by atoms with Gasteiger partial charge >= 0.3 is 6.03 Å². The zero-order valence-electron chi connectivity index (χ0n) is 8.93. The largest absolute Gasteiger partial charge is 0.394 e. The summed E-state index contributed by atoms with van der Waals surface area (Å²) in [5.74, 6) is 0. The van der Waals surface area contributed by atoms with Crippen LogP contribution in [0.5, 0.6) is 0 Å². The number of hydrogen-bond donors (Lipinski definition) is 2. The number of aliphatic hydroxyl groups excluding tert-OH is 1. The molecule has 2 amide bonds. The summed E-state index contributed by atoms with van der Waals surface area (Å²) in [5, 5.41) is 8.52. The van der Waals surface area contributed by atoms with Gasteiger partial charge in [-0.3, -0.25) is 4.90 Å². The third-order valence-corrected chi connectivity index (χ3v) is 1.94. The molecule has 1 rings (SSSR count). The summed E-state index contributed by atoms with van der Waals surface area (Å²) in [6.07, 6.45) is 0. The van der Waals surface area contributed by atoms with E-state index in [0.29, 0.717) is 18.8 Å². The summed E-state index contributed by atoms with van der Waals surface area (Å²) < 4.78 is 5.07. The van der Waals surface area contributed by atoms with Crippen molar-refractivity contribution in [2.24, 2.45) is 5.73 Å². The summed E-state index contributed by atoms with van der Waals surface area (Å²) in [7, 11) is 0. The molecule has 0 spiro atoms. The number of nitrogens with zero attached hydrogens (tertiary/aromatic N) is 1. The van der Waals surface area contributed by atoms with Crippen LogP contribution in [0.2, 0.25) is 0 Å². The van der Waals surface area contributed by atoms with Gasteiger partial charge in [-0.25, -0.2) is 4.79 Å². The zero-order chi connectivity index (χ0) is 11.8. The number of aliphatic hydroxyl groups is 1. The van der Waals surface area contributed by atoms with Crippen molar-refractivity contribution in [3.05, 3.63) is 30.3 Å². The quantitative estimate of drug-likeness (QED) is 0.684. The highest BCUT2D eigenvalue weighted by Gasteiger charge is 2.11. The van der Waals surface area contributed by atoms with Crippen molar-refractivity contribution in [2.75, 3.05) is 31.3 Å². The van der Waals surface area contributed by atoms with Crippen LogP contribution in [0.15, 0.2) is 24.3 Å². The topological polar surface area (TPSA) is 75.8 Å². The molecule has 0 saturated heterocycles. The van der Waals surface area contributed by atoms with Crippen LogP contribution < -0.4 is 10.6 Å². The Kier molecular flexibility index (Phi) is 5.31. The number of para-hydroxylation sites is 1. The van der Waals surface area contributed by atoms with Crippen LogP contribution in [0.1, 0.15) is 0 Å². The third-order valence-electron chi connectivity index (χ3n) is 1.94. The average molecular weight is 223 g/mol. The van der Waals surface area contributed by atoms with Crippen molar-refractivity contribution in [3.8, 4) is 0 Å². The van der Waals surface area contributed by atoms with E-state index < -0.39 is 6.03 Å². The molecule has 5 heteroatoms. The molecule has 0 atom stereocenters. The fourth-order valence-electron chi connectivity index (χ4n) is 1.22. The number of urea groups is 1. The van der Waals surface area contributed by atoms with Gasteiger partial charge in [0.15, 0.2) is 0 Å². The minimum Gasteiger partial charge on any atom is -0.394 e. The summed E-state index contributed by atoms with van der Waals surface area (Å²) in [6, 6.07) is 9.43. The first-order valence-electron chi connectivity index (χ1n) is 4.98. The first-order chi connectivity index (χ1) is 7.75. The molecule has 87 valence electrons. The van der Waals surface area contributed by atoms with Crippen molar-refractivity contribution >= 4 is 11.7 Å². The van der Waals surface area contributed by atoms with E-state index in [4.69, 9.17) is 15.6 Å². The lowest BCUT2D eigenvalue weighted by molar-refractivity contribution is 0.0972. The van der Waals surface area contributed by atoms with Crippen molar-refractivity contribution < 1.29 is 14.6 Å². The van der Waals surface area contributed by atoms with Gasteiger partial charge in [-0.1, -0.05) is 18.2 Å². The number of nitrogens with two attached hydrogens (primary N) is 1. The number of amides is 2. The maximum absolute atomic E-state index is 11.2. The molecule has 0 saturated carbocycles. The summed E-state index contributed by atoms with van der Waals surface area (Å²) >= 11 is 0. The molecular formula is C11H15N2O3. The molecule has 0 aliphatic carbocycles. The van der Waals surface area contributed by atoms with E-state index in [2.05, 4.69) is 6.07 Å². The highest BCUT2D eigenvalue weighted by atomic mass is 16.5. The summed E-state index contributed by atoms with van der Waals surface area (Å²) in [6.45, 7) is 0.890. The van der Waals surface area contributed by atoms with Crippen LogP contribution in [0.25, 0.3) is 0 Å². The number of anilines is 1. The molecule has 5 nitrogen and oxygen atoms in total. The van der Waals surface area contributed by atoms with Gasteiger partial charge in [0.2, 0.25) is 0 Å².